The smallest absolute Gasteiger partial charge is 0.265 e. The van der Waals surface area contributed by atoms with Crippen LogP contribution >= 0.6 is 27.5 Å². The zero-order valence-electron chi connectivity index (χ0n) is 10.4. The molecule has 4 nitrogen and oxygen atoms in total. The molecule has 0 aliphatic heterocycles. The molecule has 0 saturated carbocycles. The number of halogens is 2. The first-order valence-electron chi connectivity index (χ1n) is 5.54. The van der Waals surface area contributed by atoms with E-state index in [9.17, 15) is 8.42 Å². The highest BCUT2D eigenvalue weighted by molar-refractivity contribution is 9.10. The lowest BCUT2D eigenvalue weighted by Gasteiger charge is -2.12. The van der Waals surface area contributed by atoms with E-state index in [0.29, 0.717) is 10.7 Å². The Morgan fingerprint density at radius 3 is 2.40 bits per heavy atom. The molecule has 0 aromatic heterocycles. The largest absolute Gasteiger partial charge is 0.495 e. The van der Waals surface area contributed by atoms with E-state index in [-0.39, 0.29) is 10.6 Å². The fraction of sp³-hybridized carbons (Fsp3) is 0.0769. The Bertz CT molecular complexity index is 717. The van der Waals surface area contributed by atoms with Crippen molar-refractivity contribution in [3.05, 3.63) is 52.0 Å². The van der Waals surface area contributed by atoms with Gasteiger partial charge in [-0.15, -0.1) is 0 Å². The Labute approximate surface area is 130 Å². The van der Waals surface area contributed by atoms with Crippen molar-refractivity contribution in [2.75, 3.05) is 11.8 Å². The summed E-state index contributed by atoms with van der Waals surface area (Å²) in [5, 5.41) is 0.321. The molecule has 0 amide bonds. The van der Waals surface area contributed by atoms with Gasteiger partial charge < -0.3 is 4.74 Å². The molecule has 0 aliphatic carbocycles. The van der Waals surface area contributed by atoms with Gasteiger partial charge in [0.15, 0.2) is 0 Å². The molecule has 2 rings (SSSR count). The van der Waals surface area contributed by atoms with Crippen molar-refractivity contribution in [1.82, 2.24) is 0 Å². The van der Waals surface area contributed by atoms with Crippen molar-refractivity contribution in [3.8, 4) is 5.75 Å². The Balaban J connectivity index is 2.40. The quantitative estimate of drug-likeness (QED) is 0.880. The van der Waals surface area contributed by atoms with Gasteiger partial charge in [0.25, 0.3) is 10.0 Å². The Kier molecular flexibility index (Phi) is 4.57. The number of nitrogens with one attached hydrogen (secondary N) is 1. The van der Waals surface area contributed by atoms with E-state index in [0.717, 1.165) is 4.47 Å². The SMILES string of the molecule is COc1ccc(Cl)cc1S(=O)(=O)Nc1ccc(Br)cc1. The predicted octanol–water partition coefficient (Wildman–Crippen LogP) is 3.91. The van der Waals surface area contributed by atoms with Crippen LogP contribution in [0.3, 0.4) is 0 Å². The van der Waals surface area contributed by atoms with Gasteiger partial charge in [-0.05, 0) is 42.5 Å². The number of rotatable bonds is 4. The third kappa shape index (κ3) is 3.45. The average Bonchev–Trinajstić information content (AvgIpc) is 2.41. The van der Waals surface area contributed by atoms with Crippen molar-refractivity contribution in [2.45, 2.75) is 4.90 Å². The lowest BCUT2D eigenvalue weighted by molar-refractivity contribution is 0.403. The highest BCUT2D eigenvalue weighted by Crippen LogP contribution is 2.28. The molecular weight excluding hydrogens is 366 g/mol. The molecular formula is C13H11BrClNO3S. The molecule has 2 aromatic rings. The molecule has 0 unspecified atom stereocenters. The van der Waals surface area contributed by atoms with Crippen LogP contribution in [0.2, 0.25) is 5.02 Å². The minimum Gasteiger partial charge on any atom is -0.495 e. The van der Waals surface area contributed by atoms with Crippen LogP contribution in [0.25, 0.3) is 0 Å². The summed E-state index contributed by atoms with van der Waals surface area (Å²) in [6, 6.07) is 11.2. The minimum atomic E-state index is -3.77. The molecule has 106 valence electrons. The molecule has 0 fully saturated rings. The first-order chi connectivity index (χ1) is 9.42. The van der Waals surface area contributed by atoms with Gasteiger partial charge in [-0.3, -0.25) is 4.72 Å². The summed E-state index contributed by atoms with van der Waals surface area (Å²) in [4.78, 5) is -0.00424. The molecule has 0 bridgehead atoms. The Morgan fingerprint density at radius 1 is 1.15 bits per heavy atom. The van der Waals surface area contributed by atoms with E-state index in [1.165, 1.54) is 19.2 Å². The van der Waals surface area contributed by atoms with Gasteiger partial charge in [0, 0.05) is 15.2 Å². The third-order valence-electron chi connectivity index (χ3n) is 2.51. The van der Waals surface area contributed by atoms with Crippen molar-refractivity contribution in [1.29, 1.82) is 0 Å². The normalized spacial score (nSPS) is 11.2. The van der Waals surface area contributed by atoms with Crippen LogP contribution in [0.15, 0.2) is 51.8 Å². The van der Waals surface area contributed by atoms with E-state index in [1.54, 1.807) is 30.3 Å². The maximum Gasteiger partial charge on any atom is 0.265 e. The lowest BCUT2D eigenvalue weighted by Crippen LogP contribution is -2.14. The second-order valence-corrected chi connectivity index (χ2v) is 6.91. The van der Waals surface area contributed by atoms with Gasteiger partial charge in [0.1, 0.15) is 10.6 Å². The van der Waals surface area contributed by atoms with Gasteiger partial charge in [-0.1, -0.05) is 27.5 Å². The summed E-state index contributed by atoms with van der Waals surface area (Å²) in [5.41, 5.74) is 0.454. The molecule has 0 saturated heterocycles. The van der Waals surface area contributed by atoms with Gasteiger partial charge in [0.2, 0.25) is 0 Å². The number of sulfonamides is 1. The molecule has 20 heavy (non-hydrogen) atoms. The Hall–Kier alpha value is -1.24. The third-order valence-corrected chi connectivity index (χ3v) is 4.68. The monoisotopic (exact) mass is 375 g/mol. The number of methoxy groups -OCH3 is 1. The van der Waals surface area contributed by atoms with Crippen LogP contribution in [-0.4, -0.2) is 15.5 Å². The summed E-state index contributed by atoms with van der Waals surface area (Å²) in [5.74, 6) is 0.235. The number of hydrogen-bond donors (Lipinski definition) is 1. The number of ether oxygens (including phenoxy) is 1. The van der Waals surface area contributed by atoms with Crippen molar-refractivity contribution < 1.29 is 13.2 Å². The van der Waals surface area contributed by atoms with Crippen molar-refractivity contribution in [3.63, 3.8) is 0 Å². The predicted molar refractivity (Wildman–Crippen MR) is 83.0 cm³/mol. The summed E-state index contributed by atoms with van der Waals surface area (Å²) < 4.78 is 33.1. The summed E-state index contributed by atoms with van der Waals surface area (Å²) in [6.07, 6.45) is 0. The zero-order valence-corrected chi connectivity index (χ0v) is 13.6. The van der Waals surface area contributed by atoms with Crippen molar-refractivity contribution in [2.24, 2.45) is 0 Å². The number of anilines is 1. The molecule has 0 aliphatic rings. The molecule has 0 radical (unpaired) electrons. The van der Waals surface area contributed by atoms with Crippen LogP contribution < -0.4 is 9.46 Å². The van der Waals surface area contributed by atoms with Crippen LogP contribution in [0.5, 0.6) is 5.75 Å². The van der Waals surface area contributed by atoms with Crippen LogP contribution in [0.1, 0.15) is 0 Å². The highest BCUT2D eigenvalue weighted by atomic mass is 79.9. The van der Waals surface area contributed by atoms with E-state index < -0.39 is 10.0 Å². The van der Waals surface area contributed by atoms with Gasteiger partial charge in [-0.2, -0.15) is 0 Å². The van der Waals surface area contributed by atoms with E-state index in [1.807, 2.05) is 0 Å². The number of benzene rings is 2. The van der Waals surface area contributed by atoms with Gasteiger partial charge in [0.05, 0.1) is 7.11 Å². The maximum atomic E-state index is 12.4. The van der Waals surface area contributed by atoms with E-state index in [4.69, 9.17) is 16.3 Å². The van der Waals surface area contributed by atoms with Crippen LogP contribution in [0.4, 0.5) is 5.69 Å². The standard InChI is InChI=1S/C13H11BrClNO3S/c1-19-12-7-4-10(15)8-13(12)20(17,18)16-11-5-2-9(14)3-6-11/h2-8,16H,1H3. The Morgan fingerprint density at radius 2 is 1.80 bits per heavy atom. The van der Waals surface area contributed by atoms with Crippen LogP contribution in [0, 0.1) is 0 Å². The molecule has 0 atom stereocenters. The molecule has 1 N–H and O–H groups in total. The first-order valence-corrected chi connectivity index (χ1v) is 8.20. The van der Waals surface area contributed by atoms with E-state index in [2.05, 4.69) is 20.7 Å². The molecule has 7 heteroatoms. The summed E-state index contributed by atoms with van der Waals surface area (Å²) in [7, 11) is -2.36. The van der Waals surface area contributed by atoms with Crippen molar-refractivity contribution >= 4 is 43.2 Å². The lowest BCUT2D eigenvalue weighted by atomic mass is 10.3. The fourth-order valence-corrected chi connectivity index (χ4v) is 3.34. The molecule has 0 heterocycles. The maximum absolute atomic E-state index is 12.4. The van der Waals surface area contributed by atoms with Gasteiger partial charge in [-0.25, -0.2) is 8.42 Å². The fourth-order valence-electron chi connectivity index (χ4n) is 1.59. The van der Waals surface area contributed by atoms with Crippen LogP contribution in [-0.2, 0) is 10.0 Å². The minimum absolute atomic E-state index is 0.00424. The summed E-state index contributed by atoms with van der Waals surface area (Å²) >= 11 is 9.14. The van der Waals surface area contributed by atoms with Gasteiger partial charge >= 0.3 is 0 Å². The molecule has 0 spiro atoms. The number of hydrogen-bond acceptors (Lipinski definition) is 3. The first kappa shape index (κ1) is 15.2. The zero-order chi connectivity index (χ0) is 14.8. The van der Waals surface area contributed by atoms with E-state index >= 15 is 0 Å². The molecule has 2 aromatic carbocycles. The second kappa shape index (κ2) is 6.03. The summed E-state index contributed by atoms with van der Waals surface area (Å²) in [6.45, 7) is 0. The topological polar surface area (TPSA) is 55.4 Å². The second-order valence-electron chi connectivity index (χ2n) is 3.91. The highest BCUT2D eigenvalue weighted by Gasteiger charge is 2.20. The average molecular weight is 377 g/mol.